The molecule has 0 saturated carbocycles. The number of carbonyl (C=O) groups is 2. The van der Waals surface area contributed by atoms with Gasteiger partial charge in [0.1, 0.15) is 0 Å². The maximum atomic E-state index is 11.8. The van der Waals surface area contributed by atoms with Crippen molar-refractivity contribution >= 4 is 11.9 Å². The number of methoxy groups -OCH3 is 1. The highest BCUT2D eigenvalue weighted by atomic mass is 16.6. The van der Waals surface area contributed by atoms with Gasteiger partial charge >= 0.3 is 11.9 Å². The van der Waals surface area contributed by atoms with Gasteiger partial charge in [0.25, 0.3) is 5.60 Å². The molecular formula is C17H28O5. The predicted molar refractivity (Wildman–Crippen MR) is 86.9 cm³/mol. The van der Waals surface area contributed by atoms with Crippen molar-refractivity contribution in [3.05, 3.63) is 35.9 Å². The Balaban J connectivity index is 0. The summed E-state index contributed by atoms with van der Waals surface area (Å²) in [4.78, 5) is 23.2. The van der Waals surface area contributed by atoms with Gasteiger partial charge in [0.2, 0.25) is 0 Å². The summed E-state index contributed by atoms with van der Waals surface area (Å²) in [7, 11) is 1.19. The molecule has 0 amide bonds. The molecule has 0 aromatic heterocycles. The molecule has 0 radical (unpaired) electrons. The molecule has 5 heteroatoms. The van der Waals surface area contributed by atoms with E-state index in [2.05, 4.69) is 0 Å². The second-order valence-electron chi connectivity index (χ2n) is 3.72. The standard InChI is InChI=1S/C13H16O5.2C2H6/c1-3-18-12(16)13(17-2,11(14)15)9-10-7-5-4-6-8-10;2*1-2/h4-8H,3,9H2,1-2H3,(H,14,15);2*1-2H3. The fraction of sp³-hybridized carbons (Fsp3) is 0.529. The predicted octanol–water partition coefficient (Wildman–Crippen LogP) is 3.31. The Bertz CT molecular complexity index is 416. The fourth-order valence-electron chi connectivity index (χ4n) is 1.61. The third-order valence-corrected chi connectivity index (χ3v) is 2.59. The third kappa shape index (κ3) is 6.26. The molecule has 0 aliphatic carbocycles. The van der Waals surface area contributed by atoms with E-state index in [1.165, 1.54) is 7.11 Å². The van der Waals surface area contributed by atoms with Crippen LogP contribution in [0.2, 0.25) is 0 Å². The van der Waals surface area contributed by atoms with Gasteiger partial charge in [-0.2, -0.15) is 0 Å². The fourth-order valence-corrected chi connectivity index (χ4v) is 1.61. The van der Waals surface area contributed by atoms with E-state index in [1.807, 2.05) is 33.8 Å². The summed E-state index contributed by atoms with van der Waals surface area (Å²) in [5.41, 5.74) is -1.30. The molecule has 0 aliphatic heterocycles. The largest absolute Gasteiger partial charge is 0.479 e. The van der Waals surface area contributed by atoms with Crippen LogP contribution in [0.15, 0.2) is 30.3 Å². The van der Waals surface area contributed by atoms with E-state index in [-0.39, 0.29) is 13.0 Å². The molecule has 1 atom stereocenters. The van der Waals surface area contributed by atoms with Crippen LogP contribution in [0.3, 0.4) is 0 Å². The van der Waals surface area contributed by atoms with Gasteiger partial charge in [0, 0.05) is 13.5 Å². The SMILES string of the molecule is CC.CC.CCOC(=O)C(Cc1ccccc1)(OC)C(=O)O. The number of aliphatic carboxylic acids is 1. The molecule has 0 spiro atoms. The molecule has 0 heterocycles. The van der Waals surface area contributed by atoms with Crippen molar-refractivity contribution in [3.63, 3.8) is 0 Å². The lowest BCUT2D eigenvalue weighted by atomic mass is 9.94. The highest BCUT2D eigenvalue weighted by Crippen LogP contribution is 2.20. The van der Waals surface area contributed by atoms with Gasteiger partial charge in [0.05, 0.1) is 6.61 Å². The number of rotatable bonds is 6. The Labute approximate surface area is 133 Å². The summed E-state index contributed by atoms with van der Waals surface area (Å²) in [6.45, 7) is 9.72. The molecule has 0 fully saturated rings. The topological polar surface area (TPSA) is 72.8 Å². The van der Waals surface area contributed by atoms with Gasteiger partial charge in [-0.15, -0.1) is 0 Å². The smallest absolute Gasteiger partial charge is 0.350 e. The Morgan fingerprint density at radius 2 is 1.59 bits per heavy atom. The minimum Gasteiger partial charge on any atom is -0.479 e. The molecular weight excluding hydrogens is 284 g/mol. The summed E-state index contributed by atoms with van der Waals surface area (Å²) in [6.07, 6.45) is -0.0709. The number of carboxylic acid groups (broad SMARTS) is 1. The van der Waals surface area contributed by atoms with Crippen LogP contribution in [-0.4, -0.2) is 36.4 Å². The quantitative estimate of drug-likeness (QED) is 0.644. The van der Waals surface area contributed by atoms with Gasteiger partial charge in [0.15, 0.2) is 0 Å². The number of ether oxygens (including phenoxy) is 2. The van der Waals surface area contributed by atoms with Crippen LogP contribution < -0.4 is 0 Å². The first-order valence-corrected chi connectivity index (χ1v) is 7.56. The van der Waals surface area contributed by atoms with Crippen LogP contribution in [0.25, 0.3) is 0 Å². The van der Waals surface area contributed by atoms with Crippen LogP contribution in [0.4, 0.5) is 0 Å². The molecule has 126 valence electrons. The highest BCUT2D eigenvalue weighted by Gasteiger charge is 2.48. The van der Waals surface area contributed by atoms with E-state index in [1.54, 1.807) is 31.2 Å². The monoisotopic (exact) mass is 312 g/mol. The zero-order chi connectivity index (χ0) is 17.6. The van der Waals surface area contributed by atoms with Crippen LogP contribution in [-0.2, 0) is 25.5 Å². The van der Waals surface area contributed by atoms with Gasteiger partial charge in [-0.3, -0.25) is 0 Å². The molecule has 22 heavy (non-hydrogen) atoms. The van der Waals surface area contributed by atoms with Crippen LogP contribution in [0, 0.1) is 0 Å². The van der Waals surface area contributed by atoms with Gasteiger partial charge in [-0.1, -0.05) is 58.0 Å². The molecule has 0 bridgehead atoms. The number of hydrogen-bond acceptors (Lipinski definition) is 4. The number of benzene rings is 1. The summed E-state index contributed by atoms with van der Waals surface area (Å²) in [5, 5.41) is 9.26. The lowest BCUT2D eigenvalue weighted by Crippen LogP contribution is -2.51. The first-order chi connectivity index (χ1) is 10.6. The molecule has 1 aromatic rings. The zero-order valence-corrected chi connectivity index (χ0v) is 14.4. The molecule has 5 nitrogen and oxygen atoms in total. The summed E-state index contributed by atoms with van der Waals surface area (Å²) >= 11 is 0. The lowest BCUT2D eigenvalue weighted by molar-refractivity contribution is -0.183. The molecule has 0 aliphatic rings. The van der Waals surface area contributed by atoms with Crippen molar-refractivity contribution in [2.24, 2.45) is 0 Å². The average Bonchev–Trinajstić information content (AvgIpc) is 2.57. The Morgan fingerprint density at radius 1 is 1.09 bits per heavy atom. The first-order valence-electron chi connectivity index (χ1n) is 7.56. The van der Waals surface area contributed by atoms with Crippen molar-refractivity contribution in [1.29, 1.82) is 0 Å². The number of carboxylic acids is 1. The van der Waals surface area contributed by atoms with E-state index in [4.69, 9.17) is 9.47 Å². The van der Waals surface area contributed by atoms with Crippen LogP contribution in [0.1, 0.15) is 40.2 Å². The average molecular weight is 312 g/mol. The van der Waals surface area contributed by atoms with E-state index in [0.717, 1.165) is 0 Å². The van der Waals surface area contributed by atoms with E-state index in [9.17, 15) is 14.7 Å². The van der Waals surface area contributed by atoms with E-state index < -0.39 is 17.5 Å². The number of carbonyl (C=O) groups excluding carboxylic acids is 1. The molecule has 0 saturated heterocycles. The summed E-state index contributed by atoms with van der Waals surface area (Å²) < 4.78 is 9.73. The second-order valence-corrected chi connectivity index (χ2v) is 3.72. The minimum absolute atomic E-state index is 0.0709. The molecule has 1 unspecified atom stereocenters. The summed E-state index contributed by atoms with van der Waals surface area (Å²) in [6, 6.07) is 8.81. The van der Waals surface area contributed by atoms with Crippen molar-refractivity contribution < 1.29 is 24.2 Å². The van der Waals surface area contributed by atoms with Crippen molar-refractivity contribution in [3.8, 4) is 0 Å². The second kappa shape index (κ2) is 12.8. The Hall–Kier alpha value is -1.88. The molecule has 1 rings (SSSR count). The van der Waals surface area contributed by atoms with Crippen molar-refractivity contribution in [2.45, 2.75) is 46.6 Å². The maximum absolute atomic E-state index is 11.8. The van der Waals surface area contributed by atoms with Crippen molar-refractivity contribution in [1.82, 2.24) is 0 Å². The van der Waals surface area contributed by atoms with Gasteiger partial charge < -0.3 is 14.6 Å². The Morgan fingerprint density at radius 3 is 1.95 bits per heavy atom. The highest BCUT2D eigenvalue weighted by molar-refractivity contribution is 6.03. The summed E-state index contributed by atoms with van der Waals surface area (Å²) in [5.74, 6) is -2.24. The normalized spacial score (nSPS) is 11.7. The number of hydrogen-bond donors (Lipinski definition) is 1. The van der Waals surface area contributed by atoms with Crippen molar-refractivity contribution in [2.75, 3.05) is 13.7 Å². The van der Waals surface area contributed by atoms with Gasteiger partial charge in [-0.25, -0.2) is 9.59 Å². The van der Waals surface area contributed by atoms with Gasteiger partial charge in [-0.05, 0) is 12.5 Å². The lowest BCUT2D eigenvalue weighted by Gasteiger charge is -2.25. The van der Waals surface area contributed by atoms with Crippen LogP contribution >= 0.6 is 0 Å². The number of esters is 1. The van der Waals surface area contributed by atoms with E-state index >= 15 is 0 Å². The van der Waals surface area contributed by atoms with E-state index in [0.29, 0.717) is 5.56 Å². The Kier molecular flexibility index (Phi) is 13.1. The van der Waals surface area contributed by atoms with Crippen LogP contribution in [0.5, 0.6) is 0 Å². The molecule has 1 N–H and O–H groups in total. The first kappa shape index (κ1) is 22.4. The third-order valence-electron chi connectivity index (χ3n) is 2.59. The maximum Gasteiger partial charge on any atom is 0.350 e. The zero-order valence-electron chi connectivity index (χ0n) is 14.4. The minimum atomic E-state index is -1.99. The molecule has 1 aromatic carbocycles.